The standard InChI is InChI=1S/C20H30N2O2.ClH/c1-15-11-17(13-21)14-22(15)20(23)10-9-16-5-4-8-19(12-16)24-18-6-2-3-7-18;/h4-5,8,12,15,17-18H,2-3,6-7,9-11,13-14,21H2,1H3;1H. The summed E-state index contributed by atoms with van der Waals surface area (Å²) in [5.41, 5.74) is 6.94. The first kappa shape index (κ1) is 20.1. The molecule has 1 aromatic rings. The van der Waals surface area contributed by atoms with Crippen LogP contribution in [0.15, 0.2) is 24.3 Å². The van der Waals surface area contributed by atoms with Gasteiger partial charge in [-0.2, -0.15) is 0 Å². The molecule has 1 aliphatic heterocycles. The zero-order valence-corrected chi connectivity index (χ0v) is 16.0. The molecule has 1 saturated carbocycles. The van der Waals surface area contributed by atoms with E-state index >= 15 is 0 Å². The second kappa shape index (κ2) is 9.44. The van der Waals surface area contributed by atoms with E-state index < -0.39 is 0 Å². The van der Waals surface area contributed by atoms with E-state index in [9.17, 15) is 4.79 Å². The van der Waals surface area contributed by atoms with E-state index in [4.69, 9.17) is 10.5 Å². The van der Waals surface area contributed by atoms with Crippen LogP contribution < -0.4 is 10.5 Å². The molecule has 140 valence electrons. The number of hydrogen-bond acceptors (Lipinski definition) is 3. The summed E-state index contributed by atoms with van der Waals surface area (Å²) >= 11 is 0. The van der Waals surface area contributed by atoms with Crippen LogP contribution in [-0.4, -0.2) is 36.0 Å². The van der Waals surface area contributed by atoms with Gasteiger partial charge in [0, 0.05) is 19.0 Å². The highest BCUT2D eigenvalue weighted by molar-refractivity contribution is 5.85. The first-order valence-corrected chi connectivity index (χ1v) is 9.41. The molecule has 4 nitrogen and oxygen atoms in total. The minimum atomic E-state index is 0. The van der Waals surface area contributed by atoms with Crippen LogP contribution in [-0.2, 0) is 11.2 Å². The van der Waals surface area contributed by atoms with Crippen molar-refractivity contribution in [3.63, 3.8) is 0 Å². The third-order valence-corrected chi connectivity index (χ3v) is 5.45. The summed E-state index contributed by atoms with van der Waals surface area (Å²) < 4.78 is 6.06. The summed E-state index contributed by atoms with van der Waals surface area (Å²) in [6.07, 6.45) is 7.63. The molecule has 0 bridgehead atoms. The Balaban J connectivity index is 0.00000225. The zero-order chi connectivity index (χ0) is 16.9. The largest absolute Gasteiger partial charge is 0.490 e. The van der Waals surface area contributed by atoms with Gasteiger partial charge in [0.15, 0.2) is 0 Å². The van der Waals surface area contributed by atoms with Crippen LogP contribution >= 0.6 is 12.4 Å². The molecule has 1 aliphatic carbocycles. The molecule has 2 atom stereocenters. The second-order valence-electron chi connectivity index (χ2n) is 7.40. The van der Waals surface area contributed by atoms with Crippen molar-refractivity contribution < 1.29 is 9.53 Å². The number of nitrogens with zero attached hydrogens (tertiary/aromatic N) is 1. The molecule has 0 spiro atoms. The van der Waals surface area contributed by atoms with Gasteiger partial charge in [-0.05, 0) is 75.6 Å². The van der Waals surface area contributed by atoms with Gasteiger partial charge >= 0.3 is 0 Å². The van der Waals surface area contributed by atoms with Crippen LogP contribution in [0.4, 0.5) is 0 Å². The SMILES string of the molecule is CC1CC(CN)CN1C(=O)CCc1cccc(OC2CCCC2)c1.Cl. The van der Waals surface area contributed by atoms with Gasteiger partial charge in [-0.15, -0.1) is 12.4 Å². The van der Waals surface area contributed by atoms with Gasteiger partial charge in [0.2, 0.25) is 5.91 Å². The molecule has 2 aliphatic rings. The van der Waals surface area contributed by atoms with Crippen molar-refractivity contribution in [2.75, 3.05) is 13.1 Å². The number of nitrogens with two attached hydrogens (primary N) is 1. The molecule has 25 heavy (non-hydrogen) atoms. The average molecular weight is 367 g/mol. The molecule has 5 heteroatoms. The Morgan fingerprint density at radius 1 is 1.32 bits per heavy atom. The van der Waals surface area contributed by atoms with Crippen molar-refractivity contribution in [3.8, 4) is 5.75 Å². The predicted molar refractivity (Wildman–Crippen MR) is 103 cm³/mol. The maximum atomic E-state index is 12.5. The predicted octanol–water partition coefficient (Wildman–Crippen LogP) is 3.56. The van der Waals surface area contributed by atoms with Gasteiger partial charge < -0.3 is 15.4 Å². The molecule has 0 aromatic heterocycles. The molecular weight excluding hydrogens is 336 g/mol. The Hall–Kier alpha value is -1.26. The van der Waals surface area contributed by atoms with Crippen LogP contribution in [0.3, 0.4) is 0 Å². The summed E-state index contributed by atoms with van der Waals surface area (Å²) in [5.74, 6) is 1.66. The number of ether oxygens (including phenoxy) is 1. The summed E-state index contributed by atoms with van der Waals surface area (Å²) in [6.45, 7) is 3.62. The van der Waals surface area contributed by atoms with Crippen molar-refractivity contribution in [3.05, 3.63) is 29.8 Å². The molecular formula is C20H31ClN2O2. The number of likely N-dealkylation sites (tertiary alicyclic amines) is 1. The number of carbonyl (C=O) groups excluding carboxylic acids is 1. The highest BCUT2D eigenvalue weighted by Gasteiger charge is 2.31. The second-order valence-corrected chi connectivity index (χ2v) is 7.40. The van der Waals surface area contributed by atoms with E-state index in [0.29, 0.717) is 31.0 Å². The highest BCUT2D eigenvalue weighted by atomic mass is 35.5. The van der Waals surface area contributed by atoms with Crippen LogP contribution in [0.25, 0.3) is 0 Å². The van der Waals surface area contributed by atoms with Gasteiger partial charge in [0.05, 0.1) is 6.10 Å². The number of amides is 1. The van der Waals surface area contributed by atoms with Crippen LogP contribution in [0.2, 0.25) is 0 Å². The van der Waals surface area contributed by atoms with Crippen LogP contribution in [0.1, 0.15) is 51.0 Å². The minimum Gasteiger partial charge on any atom is -0.490 e. The Morgan fingerprint density at radius 3 is 2.76 bits per heavy atom. The lowest BCUT2D eigenvalue weighted by atomic mass is 10.1. The van der Waals surface area contributed by atoms with E-state index in [1.54, 1.807) is 0 Å². The molecule has 1 aromatic carbocycles. The number of halogens is 1. The molecule has 3 rings (SSSR count). The van der Waals surface area contributed by atoms with Gasteiger partial charge in [0.25, 0.3) is 0 Å². The molecule has 1 saturated heterocycles. The smallest absolute Gasteiger partial charge is 0.223 e. The lowest BCUT2D eigenvalue weighted by Crippen LogP contribution is -2.34. The Labute approximate surface area is 157 Å². The Morgan fingerprint density at radius 2 is 2.08 bits per heavy atom. The Bertz CT molecular complexity index is 560. The monoisotopic (exact) mass is 366 g/mol. The average Bonchev–Trinajstić information content (AvgIpc) is 3.22. The number of rotatable bonds is 6. The highest BCUT2D eigenvalue weighted by Crippen LogP contribution is 2.26. The molecule has 2 fully saturated rings. The molecule has 1 amide bonds. The summed E-state index contributed by atoms with van der Waals surface area (Å²) in [4.78, 5) is 14.5. The first-order valence-electron chi connectivity index (χ1n) is 9.41. The molecule has 1 heterocycles. The van der Waals surface area contributed by atoms with Crippen molar-refractivity contribution >= 4 is 18.3 Å². The van der Waals surface area contributed by atoms with E-state index in [1.165, 1.54) is 18.4 Å². The summed E-state index contributed by atoms with van der Waals surface area (Å²) in [6, 6.07) is 8.57. The number of benzene rings is 1. The maximum absolute atomic E-state index is 12.5. The fourth-order valence-electron chi connectivity index (χ4n) is 4.03. The fraction of sp³-hybridized carbons (Fsp3) is 0.650. The molecule has 0 radical (unpaired) electrons. The van der Waals surface area contributed by atoms with Crippen molar-refractivity contribution in [2.45, 2.75) is 64.0 Å². The Kier molecular flexibility index (Phi) is 7.57. The first-order chi connectivity index (χ1) is 11.7. The van der Waals surface area contributed by atoms with E-state index in [-0.39, 0.29) is 18.3 Å². The summed E-state index contributed by atoms with van der Waals surface area (Å²) in [7, 11) is 0. The fourth-order valence-corrected chi connectivity index (χ4v) is 4.03. The number of carbonyl (C=O) groups is 1. The van der Waals surface area contributed by atoms with Crippen molar-refractivity contribution in [1.29, 1.82) is 0 Å². The molecule has 2 unspecified atom stereocenters. The van der Waals surface area contributed by atoms with Gasteiger partial charge in [-0.3, -0.25) is 4.79 Å². The van der Waals surface area contributed by atoms with Gasteiger partial charge in [-0.1, -0.05) is 12.1 Å². The topological polar surface area (TPSA) is 55.6 Å². The van der Waals surface area contributed by atoms with E-state index in [0.717, 1.165) is 38.0 Å². The summed E-state index contributed by atoms with van der Waals surface area (Å²) in [5, 5.41) is 0. The minimum absolute atomic E-state index is 0. The third-order valence-electron chi connectivity index (χ3n) is 5.45. The third kappa shape index (κ3) is 5.35. The van der Waals surface area contributed by atoms with Gasteiger partial charge in [-0.25, -0.2) is 0 Å². The van der Waals surface area contributed by atoms with Crippen LogP contribution in [0, 0.1) is 5.92 Å². The van der Waals surface area contributed by atoms with E-state index in [1.807, 2.05) is 17.0 Å². The molecule has 2 N–H and O–H groups in total. The quantitative estimate of drug-likeness (QED) is 0.837. The van der Waals surface area contributed by atoms with Gasteiger partial charge in [0.1, 0.15) is 5.75 Å². The van der Waals surface area contributed by atoms with Crippen molar-refractivity contribution in [2.24, 2.45) is 11.7 Å². The lowest BCUT2D eigenvalue weighted by molar-refractivity contribution is -0.131. The maximum Gasteiger partial charge on any atom is 0.223 e. The van der Waals surface area contributed by atoms with Crippen LogP contribution in [0.5, 0.6) is 5.75 Å². The normalized spacial score (nSPS) is 23.5. The van der Waals surface area contributed by atoms with Crippen molar-refractivity contribution in [1.82, 2.24) is 4.90 Å². The van der Waals surface area contributed by atoms with E-state index in [2.05, 4.69) is 19.1 Å². The lowest BCUT2D eigenvalue weighted by Gasteiger charge is -2.21. The number of aryl methyl sites for hydroxylation is 1. The number of hydrogen-bond donors (Lipinski definition) is 1. The zero-order valence-electron chi connectivity index (χ0n) is 15.2.